The Hall–Kier alpha value is -4.05. The Morgan fingerprint density at radius 1 is 1.06 bits per heavy atom. The second kappa shape index (κ2) is 9.61. The highest BCUT2D eigenvalue weighted by Crippen LogP contribution is 2.36. The first kappa shape index (κ1) is 20.8. The molecule has 2 aliphatic rings. The van der Waals surface area contributed by atoms with Gasteiger partial charge in [-0.1, -0.05) is 18.2 Å². The van der Waals surface area contributed by atoms with Crippen molar-refractivity contribution in [2.45, 2.75) is 6.42 Å². The van der Waals surface area contributed by atoms with Crippen LogP contribution in [-0.2, 0) is 11.2 Å². The number of anilines is 2. The quantitative estimate of drug-likeness (QED) is 0.276. The van der Waals surface area contributed by atoms with E-state index in [1.807, 2.05) is 47.4 Å². The highest BCUT2D eigenvalue weighted by molar-refractivity contribution is 6.36. The van der Waals surface area contributed by atoms with Crippen molar-refractivity contribution in [2.24, 2.45) is 15.9 Å². The minimum Gasteiger partial charge on any atom is -0.437 e. The maximum Gasteiger partial charge on any atom is 0.230 e. The Labute approximate surface area is 191 Å². The van der Waals surface area contributed by atoms with E-state index in [1.165, 1.54) is 0 Å². The lowest BCUT2D eigenvalue weighted by Gasteiger charge is -2.28. The molecule has 0 saturated carbocycles. The number of nitrogens with two attached hydrogens (primary N) is 1. The summed E-state index contributed by atoms with van der Waals surface area (Å²) in [7, 11) is 0. The molecule has 3 aromatic rings. The number of ether oxygens (including phenoxy) is 2. The molecule has 2 N–H and O–H groups in total. The number of rotatable bonds is 5. The first-order valence-electron chi connectivity index (χ1n) is 10.8. The largest absolute Gasteiger partial charge is 0.437 e. The predicted octanol–water partition coefficient (Wildman–Crippen LogP) is 2.54. The normalized spacial score (nSPS) is 16.3. The van der Waals surface area contributed by atoms with E-state index in [0.29, 0.717) is 68.5 Å². The molecule has 1 saturated heterocycles. The van der Waals surface area contributed by atoms with Gasteiger partial charge in [-0.2, -0.15) is 15.1 Å². The molecule has 0 aliphatic carbocycles. The van der Waals surface area contributed by atoms with Crippen molar-refractivity contribution in [3.63, 3.8) is 0 Å². The molecule has 0 bridgehead atoms. The monoisotopic (exact) mass is 444 g/mol. The maximum atomic E-state index is 6.14. The first-order chi connectivity index (χ1) is 16.3. The summed E-state index contributed by atoms with van der Waals surface area (Å²) >= 11 is 0. The van der Waals surface area contributed by atoms with E-state index in [1.54, 1.807) is 18.6 Å². The second-order valence-electron chi connectivity index (χ2n) is 7.50. The van der Waals surface area contributed by atoms with Crippen LogP contribution in [0, 0.1) is 0 Å². The molecular formula is C23H24N8O2. The van der Waals surface area contributed by atoms with E-state index in [0.717, 1.165) is 11.3 Å². The molecule has 1 fully saturated rings. The summed E-state index contributed by atoms with van der Waals surface area (Å²) in [5.74, 6) is 8.69. The summed E-state index contributed by atoms with van der Waals surface area (Å²) in [6.07, 6.45) is 5.71. The Morgan fingerprint density at radius 2 is 1.91 bits per heavy atom. The number of hydrogen-bond acceptors (Lipinski definition) is 9. The number of pyridine rings is 1. The van der Waals surface area contributed by atoms with Crippen LogP contribution in [-0.4, -0.2) is 59.9 Å². The van der Waals surface area contributed by atoms with Gasteiger partial charge in [-0.05, 0) is 30.7 Å². The molecule has 5 rings (SSSR count). The van der Waals surface area contributed by atoms with Gasteiger partial charge in [0.05, 0.1) is 36.9 Å². The smallest absolute Gasteiger partial charge is 0.230 e. The summed E-state index contributed by atoms with van der Waals surface area (Å²) < 4.78 is 11.6. The van der Waals surface area contributed by atoms with Crippen molar-refractivity contribution in [3.05, 3.63) is 60.4 Å². The SMILES string of the molecule is NN=C(C=Nc1ccccc1)N1CCc2c(Oc3cccnc3)nc(N3CCOCC3)nc21. The van der Waals surface area contributed by atoms with Crippen LogP contribution in [0.3, 0.4) is 0 Å². The summed E-state index contributed by atoms with van der Waals surface area (Å²) in [5, 5.41) is 3.99. The number of nitrogens with zero attached hydrogens (tertiary/aromatic N) is 7. The van der Waals surface area contributed by atoms with Gasteiger partial charge in [0, 0.05) is 25.8 Å². The summed E-state index contributed by atoms with van der Waals surface area (Å²) in [6.45, 7) is 3.30. The van der Waals surface area contributed by atoms with Gasteiger partial charge in [-0.3, -0.25) is 9.98 Å². The Kier molecular flexibility index (Phi) is 6.07. The predicted molar refractivity (Wildman–Crippen MR) is 127 cm³/mol. The van der Waals surface area contributed by atoms with Crippen LogP contribution in [0.5, 0.6) is 11.6 Å². The Balaban J connectivity index is 1.51. The number of amidine groups is 1. The zero-order valence-corrected chi connectivity index (χ0v) is 18.0. The third-order valence-corrected chi connectivity index (χ3v) is 5.41. The van der Waals surface area contributed by atoms with Crippen molar-refractivity contribution in [1.82, 2.24) is 15.0 Å². The number of morpholine rings is 1. The van der Waals surface area contributed by atoms with Gasteiger partial charge >= 0.3 is 0 Å². The van der Waals surface area contributed by atoms with Crippen LogP contribution in [0.1, 0.15) is 5.56 Å². The topological polar surface area (TPSA) is 114 Å². The molecule has 0 spiro atoms. The average molecular weight is 444 g/mol. The number of hydrazone groups is 1. The molecule has 2 aliphatic heterocycles. The van der Waals surface area contributed by atoms with Gasteiger partial charge in [0.2, 0.25) is 11.8 Å². The average Bonchev–Trinajstić information content (AvgIpc) is 3.30. The van der Waals surface area contributed by atoms with Crippen LogP contribution in [0.4, 0.5) is 17.5 Å². The lowest BCUT2D eigenvalue weighted by Crippen LogP contribution is -2.38. The number of aliphatic imine (C=N–C) groups is 1. The van der Waals surface area contributed by atoms with Crippen LogP contribution >= 0.6 is 0 Å². The van der Waals surface area contributed by atoms with Crippen LogP contribution in [0.25, 0.3) is 0 Å². The van der Waals surface area contributed by atoms with E-state index in [-0.39, 0.29) is 0 Å². The molecule has 4 heterocycles. The van der Waals surface area contributed by atoms with Crippen LogP contribution < -0.4 is 20.4 Å². The number of aromatic nitrogens is 3. The third kappa shape index (κ3) is 4.60. The lowest BCUT2D eigenvalue weighted by molar-refractivity contribution is 0.122. The van der Waals surface area contributed by atoms with E-state index in [4.69, 9.17) is 25.3 Å². The maximum absolute atomic E-state index is 6.14. The molecule has 0 atom stereocenters. The summed E-state index contributed by atoms with van der Waals surface area (Å²) in [6, 6.07) is 13.3. The van der Waals surface area contributed by atoms with E-state index >= 15 is 0 Å². The van der Waals surface area contributed by atoms with E-state index in [9.17, 15) is 0 Å². The molecule has 10 heteroatoms. The molecule has 0 unspecified atom stereocenters. The van der Waals surface area contributed by atoms with Crippen molar-refractivity contribution < 1.29 is 9.47 Å². The summed E-state index contributed by atoms with van der Waals surface area (Å²) in [4.78, 5) is 22.3. The molecule has 0 amide bonds. The van der Waals surface area contributed by atoms with Crippen molar-refractivity contribution in [3.8, 4) is 11.6 Å². The Morgan fingerprint density at radius 3 is 2.67 bits per heavy atom. The molecular weight excluding hydrogens is 420 g/mol. The van der Waals surface area contributed by atoms with Gasteiger partial charge in [0.25, 0.3) is 0 Å². The van der Waals surface area contributed by atoms with Crippen molar-refractivity contribution >= 4 is 29.5 Å². The van der Waals surface area contributed by atoms with E-state index < -0.39 is 0 Å². The van der Waals surface area contributed by atoms with E-state index in [2.05, 4.69) is 20.0 Å². The molecule has 1 aromatic carbocycles. The highest BCUT2D eigenvalue weighted by atomic mass is 16.5. The fourth-order valence-corrected chi connectivity index (χ4v) is 3.76. The zero-order chi connectivity index (χ0) is 22.5. The van der Waals surface area contributed by atoms with Gasteiger partial charge in [0.15, 0.2) is 5.84 Å². The van der Waals surface area contributed by atoms with Crippen LogP contribution in [0.2, 0.25) is 0 Å². The number of benzene rings is 1. The van der Waals surface area contributed by atoms with Crippen molar-refractivity contribution in [1.29, 1.82) is 0 Å². The van der Waals surface area contributed by atoms with Gasteiger partial charge < -0.3 is 25.1 Å². The molecule has 168 valence electrons. The molecule has 0 radical (unpaired) electrons. The third-order valence-electron chi connectivity index (χ3n) is 5.41. The minimum absolute atomic E-state index is 0.508. The second-order valence-corrected chi connectivity index (χ2v) is 7.50. The number of hydrogen-bond donors (Lipinski definition) is 1. The highest BCUT2D eigenvalue weighted by Gasteiger charge is 2.31. The number of para-hydroxylation sites is 1. The summed E-state index contributed by atoms with van der Waals surface area (Å²) in [5.41, 5.74) is 1.71. The number of fused-ring (bicyclic) bond motifs is 1. The zero-order valence-electron chi connectivity index (χ0n) is 18.0. The Bertz CT molecular complexity index is 1150. The van der Waals surface area contributed by atoms with Gasteiger partial charge in [-0.15, -0.1) is 0 Å². The fraction of sp³-hybridized carbons (Fsp3) is 0.261. The van der Waals surface area contributed by atoms with Crippen molar-refractivity contribution in [2.75, 3.05) is 42.6 Å². The lowest BCUT2D eigenvalue weighted by atomic mass is 10.2. The molecule has 33 heavy (non-hydrogen) atoms. The molecule has 2 aromatic heterocycles. The first-order valence-corrected chi connectivity index (χ1v) is 10.8. The van der Waals surface area contributed by atoms with Crippen LogP contribution in [0.15, 0.2) is 65.0 Å². The molecule has 10 nitrogen and oxygen atoms in total. The fourth-order valence-electron chi connectivity index (χ4n) is 3.76. The minimum atomic E-state index is 0.508. The van der Waals surface area contributed by atoms with Gasteiger partial charge in [-0.25, -0.2) is 0 Å². The van der Waals surface area contributed by atoms with Gasteiger partial charge in [0.1, 0.15) is 11.6 Å². The standard InChI is InChI=1S/C23H24N8O2/c24-29-20(16-26-17-5-2-1-3-6-17)31-10-8-19-21(31)27-23(30-11-13-32-14-12-30)28-22(19)33-18-7-4-9-25-15-18/h1-7,9,15-16H,8,10-14,24H2.